The Kier molecular flexibility index (Phi) is 1.06. The van der Waals surface area contributed by atoms with Crippen LogP contribution in [0.4, 0.5) is 0 Å². The Hall–Kier alpha value is -0.480. The smallest absolute Gasteiger partial charge is 0.0820 e. The maximum Gasteiger partial charge on any atom is 0.0820 e. The molecule has 44 valence electrons. The van der Waals surface area contributed by atoms with Crippen LogP contribution < -0.4 is 0 Å². The lowest BCUT2D eigenvalue weighted by molar-refractivity contribution is 0.336. The van der Waals surface area contributed by atoms with Gasteiger partial charge in [-0.25, -0.2) is 0 Å². The van der Waals surface area contributed by atoms with Crippen LogP contribution in [-0.4, -0.2) is 24.5 Å². The highest BCUT2D eigenvalue weighted by Gasteiger charge is 2.42. The number of nitrogens with zero attached hydrogens (tertiary/aromatic N) is 1. The highest BCUT2D eigenvalue weighted by molar-refractivity contribution is 5.22. The molecule has 0 aliphatic heterocycles. The van der Waals surface area contributed by atoms with Crippen molar-refractivity contribution in [1.29, 1.82) is 0 Å². The minimum absolute atomic E-state index is 0.153. The highest BCUT2D eigenvalue weighted by Crippen LogP contribution is 2.38. The third kappa shape index (κ3) is 0.617. The van der Waals surface area contributed by atoms with Crippen LogP contribution in [0, 0.1) is 12.3 Å². The van der Waals surface area contributed by atoms with Crippen LogP contribution in [0.5, 0.6) is 0 Å². The summed E-state index contributed by atoms with van der Waals surface area (Å²) >= 11 is 0. The van der Waals surface area contributed by atoms with Gasteiger partial charge in [0.1, 0.15) is 0 Å². The van der Waals surface area contributed by atoms with E-state index in [-0.39, 0.29) is 5.54 Å². The van der Waals surface area contributed by atoms with Crippen molar-refractivity contribution >= 4 is 0 Å². The fourth-order valence-electron chi connectivity index (χ4n) is 0.839. The van der Waals surface area contributed by atoms with Gasteiger partial charge in [-0.2, -0.15) is 0 Å². The van der Waals surface area contributed by atoms with Gasteiger partial charge in [-0.1, -0.05) is 5.92 Å². The summed E-state index contributed by atoms with van der Waals surface area (Å²) in [6, 6.07) is 0. The molecule has 0 spiro atoms. The van der Waals surface area contributed by atoms with E-state index in [0.29, 0.717) is 0 Å². The first-order valence-electron chi connectivity index (χ1n) is 2.86. The third-order valence-electron chi connectivity index (χ3n) is 1.85. The van der Waals surface area contributed by atoms with Crippen molar-refractivity contribution in [2.24, 2.45) is 0 Å². The van der Waals surface area contributed by atoms with Crippen molar-refractivity contribution in [2.45, 2.75) is 18.4 Å². The maximum atomic E-state index is 5.28. The number of terminal acetylenes is 1. The molecule has 0 bridgehead atoms. The monoisotopic (exact) mass is 109 g/mol. The van der Waals surface area contributed by atoms with E-state index in [2.05, 4.69) is 10.8 Å². The van der Waals surface area contributed by atoms with Crippen molar-refractivity contribution in [2.75, 3.05) is 14.1 Å². The third-order valence-corrected chi connectivity index (χ3v) is 1.85. The number of hydrogen-bond acceptors (Lipinski definition) is 1. The van der Waals surface area contributed by atoms with Crippen LogP contribution in [0.15, 0.2) is 0 Å². The van der Waals surface area contributed by atoms with Gasteiger partial charge < -0.3 is 0 Å². The minimum Gasteiger partial charge on any atom is -0.293 e. The fraction of sp³-hybridized carbons (Fsp3) is 0.714. The molecular weight excluding hydrogens is 98.1 g/mol. The molecule has 1 aliphatic rings. The summed E-state index contributed by atoms with van der Waals surface area (Å²) in [4.78, 5) is 2.12. The molecule has 0 aromatic carbocycles. The Morgan fingerprint density at radius 2 is 2.00 bits per heavy atom. The first-order valence-corrected chi connectivity index (χ1v) is 2.86. The molecule has 0 aromatic heterocycles. The molecule has 1 saturated carbocycles. The SMILES string of the molecule is C#CC1(N(C)C)CC1. The van der Waals surface area contributed by atoms with Gasteiger partial charge in [0.05, 0.1) is 5.54 Å². The Morgan fingerprint density at radius 1 is 1.50 bits per heavy atom. The van der Waals surface area contributed by atoms with Crippen LogP contribution in [0.1, 0.15) is 12.8 Å². The van der Waals surface area contributed by atoms with Gasteiger partial charge in [-0.15, -0.1) is 6.42 Å². The van der Waals surface area contributed by atoms with E-state index in [4.69, 9.17) is 6.42 Å². The molecule has 0 radical (unpaired) electrons. The van der Waals surface area contributed by atoms with Gasteiger partial charge in [-0.3, -0.25) is 4.90 Å². The summed E-state index contributed by atoms with van der Waals surface area (Å²) in [5.41, 5.74) is 0.153. The molecule has 0 unspecified atom stereocenters. The molecule has 0 atom stereocenters. The van der Waals surface area contributed by atoms with Gasteiger partial charge in [0.25, 0.3) is 0 Å². The van der Waals surface area contributed by atoms with E-state index in [0.717, 1.165) is 0 Å². The number of rotatable bonds is 1. The quantitative estimate of drug-likeness (QED) is 0.448. The van der Waals surface area contributed by atoms with Gasteiger partial charge in [-0.05, 0) is 26.9 Å². The summed E-state index contributed by atoms with van der Waals surface area (Å²) in [5.74, 6) is 2.78. The molecular formula is C7H11N. The topological polar surface area (TPSA) is 3.24 Å². The summed E-state index contributed by atoms with van der Waals surface area (Å²) < 4.78 is 0. The standard InChI is InChI=1S/C7H11N/c1-4-7(5-6-7)8(2)3/h1H,5-6H2,2-3H3. The van der Waals surface area contributed by atoms with E-state index >= 15 is 0 Å². The lowest BCUT2D eigenvalue weighted by atomic mass is 10.3. The van der Waals surface area contributed by atoms with E-state index < -0.39 is 0 Å². The highest BCUT2D eigenvalue weighted by atomic mass is 15.2. The largest absolute Gasteiger partial charge is 0.293 e. The Bertz CT molecular complexity index is 126. The van der Waals surface area contributed by atoms with Crippen LogP contribution in [0.2, 0.25) is 0 Å². The Labute approximate surface area is 50.7 Å². The molecule has 1 aliphatic carbocycles. The summed E-state index contributed by atoms with van der Waals surface area (Å²) in [6.45, 7) is 0. The average Bonchev–Trinajstić information content (AvgIpc) is 2.44. The molecule has 0 heterocycles. The zero-order chi connectivity index (χ0) is 6.20. The fourth-order valence-corrected chi connectivity index (χ4v) is 0.839. The van der Waals surface area contributed by atoms with Crippen molar-refractivity contribution in [3.05, 3.63) is 0 Å². The predicted molar refractivity (Wildman–Crippen MR) is 34.5 cm³/mol. The molecule has 1 heteroatoms. The predicted octanol–water partition coefficient (Wildman–Crippen LogP) is 0.714. The van der Waals surface area contributed by atoms with Crippen molar-refractivity contribution < 1.29 is 0 Å². The molecule has 1 rings (SSSR count). The minimum atomic E-state index is 0.153. The van der Waals surface area contributed by atoms with Crippen LogP contribution >= 0.6 is 0 Å². The van der Waals surface area contributed by atoms with E-state index in [9.17, 15) is 0 Å². The first kappa shape index (κ1) is 5.65. The summed E-state index contributed by atoms with van der Waals surface area (Å²) in [5, 5.41) is 0. The van der Waals surface area contributed by atoms with Crippen molar-refractivity contribution in [3.8, 4) is 12.3 Å². The average molecular weight is 109 g/mol. The van der Waals surface area contributed by atoms with E-state index in [1.807, 2.05) is 14.1 Å². The van der Waals surface area contributed by atoms with Gasteiger partial charge in [0.15, 0.2) is 0 Å². The molecule has 0 saturated heterocycles. The second-order valence-corrected chi connectivity index (χ2v) is 2.57. The summed E-state index contributed by atoms with van der Waals surface area (Å²) in [7, 11) is 4.07. The lowest BCUT2D eigenvalue weighted by Crippen LogP contribution is -2.27. The van der Waals surface area contributed by atoms with Crippen LogP contribution in [0.3, 0.4) is 0 Å². The van der Waals surface area contributed by atoms with Crippen LogP contribution in [0.25, 0.3) is 0 Å². The molecule has 0 aromatic rings. The summed E-state index contributed by atoms with van der Waals surface area (Å²) in [6.07, 6.45) is 7.63. The van der Waals surface area contributed by atoms with E-state index in [1.165, 1.54) is 12.8 Å². The molecule has 1 nitrogen and oxygen atoms in total. The van der Waals surface area contributed by atoms with E-state index in [1.54, 1.807) is 0 Å². The van der Waals surface area contributed by atoms with Crippen LogP contribution in [-0.2, 0) is 0 Å². The molecule has 0 N–H and O–H groups in total. The van der Waals surface area contributed by atoms with Crippen molar-refractivity contribution in [3.63, 3.8) is 0 Å². The number of hydrogen-bond donors (Lipinski definition) is 0. The lowest BCUT2D eigenvalue weighted by Gasteiger charge is -2.15. The second kappa shape index (κ2) is 1.50. The van der Waals surface area contributed by atoms with Gasteiger partial charge in [0.2, 0.25) is 0 Å². The zero-order valence-electron chi connectivity index (χ0n) is 5.44. The molecule has 8 heavy (non-hydrogen) atoms. The zero-order valence-corrected chi connectivity index (χ0v) is 5.44. The Morgan fingerprint density at radius 3 is 2.00 bits per heavy atom. The first-order chi connectivity index (χ1) is 3.71. The van der Waals surface area contributed by atoms with Gasteiger partial charge >= 0.3 is 0 Å². The molecule has 0 amide bonds. The maximum absolute atomic E-state index is 5.28. The normalized spacial score (nSPS) is 22.8. The second-order valence-electron chi connectivity index (χ2n) is 2.57. The van der Waals surface area contributed by atoms with Gasteiger partial charge in [0, 0.05) is 0 Å². The van der Waals surface area contributed by atoms with Crippen molar-refractivity contribution in [1.82, 2.24) is 4.90 Å². The molecule has 1 fully saturated rings. The Balaban J connectivity index is 2.57.